The van der Waals surface area contributed by atoms with Crippen molar-refractivity contribution in [3.8, 4) is 0 Å². The first-order valence-corrected chi connectivity index (χ1v) is 3.29. The normalized spacial score (nSPS) is 36.0. The monoisotopic (exact) mass is 131 g/mol. The minimum absolute atomic E-state index is 0.0972. The summed E-state index contributed by atoms with van der Waals surface area (Å²) in [5.74, 6) is 0.580. The molecule has 0 aromatic rings. The highest BCUT2D eigenvalue weighted by Crippen LogP contribution is 2.13. The van der Waals surface area contributed by atoms with E-state index < -0.39 is 6.29 Å². The van der Waals surface area contributed by atoms with E-state index in [4.69, 9.17) is 10.2 Å². The summed E-state index contributed by atoms with van der Waals surface area (Å²) < 4.78 is 0. The SMILES string of the molecule is C[C@@H]1CN[C@H](C(O)O)C1. The Bertz CT molecular complexity index is 95.1. The Morgan fingerprint density at radius 2 is 2.22 bits per heavy atom. The van der Waals surface area contributed by atoms with Gasteiger partial charge in [0, 0.05) is 0 Å². The fourth-order valence-corrected chi connectivity index (χ4v) is 1.18. The van der Waals surface area contributed by atoms with E-state index in [1.54, 1.807) is 0 Å². The van der Waals surface area contributed by atoms with E-state index >= 15 is 0 Å². The maximum atomic E-state index is 8.66. The highest BCUT2D eigenvalue weighted by molar-refractivity contribution is 4.79. The summed E-state index contributed by atoms with van der Waals surface area (Å²) in [6.45, 7) is 3.00. The third kappa shape index (κ3) is 1.64. The minimum atomic E-state index is -1.19. The van der Waals surface area contributed by atoms with Crippen LogP contribution in [-0.2, 0) is 0 Å². The Morgan fingerprint density at radius 3 is 2.44 bits per heavy atom. The Kier molecular flexibility index (Phi) is 2.05. The molecule has 9 heavy (non-hydrogen) atoms. The zero-order valence-electron chi connectivity index (χ0n) is 5.54. The molecule has 1 rings (SSSR count). The van der Waals surface area contributed by atoms with E-state index in [-0.39, 0.29) is 6.04 Å². The van der Waals surface area contributed by atoms with Gasteiger partial charge in [-0.05, 0) is 18.9 Å². The molecular weight excluding hydrogens is 118 g/mol. The number of hydrogen-bond acceptors (Lipinski definition) is 3. The lowest BCUT2D eigenvalue weighted by Gasteiger charge is -2.10. The van der Waals surface area contributed by atoms with Gasteiger partial charge in [-0.3, -0.25) is 0 Å². The van der Waals surface area contributed by atoms with Gasteiger partial charge in [0.15, 0.2) is 6.29 Å². The lowest BCUT2D eigenvalue weighted by molar-refractivity contribution is -0.0630. The number of aliphatic hydroxyl groups excluding tert-OH is 1. The van der Waals surface area contributed by atoms with Crippen LogP contribution in [0.15, 0.2) is 0 Å². The van der Waals surface area contributed by atoms with Crippen molar-refractivity contribution >= 4 is 0 Å². The molecule has 0 aromatic heterocycles. The lowest BCUT2D eigenvalue weighted by atomic mass is 10.1. The molecule has 0 aliphatic carbocycles. The van der Waals surface area contributed by atoms with Gasteiger partial charge in [-0.15, -0.1) is 0 Å². The molecule has 1 saturated heterocycles. The number of hydrogen-bond donors (Lipinski definition) is 3. The lowest BCUT2D eigenvalue weighted by Crippen LogP contribution is -2.34. The second kappa shape index (κ2) is 2.64. The van der Waals surface area contributed by atoms with Crippen molar-refractivity contribution < 1.29 is 10.2 Å². The number of nitrogens with one attached hydrogen (secondary N) is 1. The first-order chi connectivity index (χ1) is 4.20. The first kappa shape index (κ1) is 6.99. The molecule has 0 radical (unpaired) electrons. The van der Waals surface area contributed by atoms with E-state index in [0.29, 0.717) is 5.92 Å². The molecule has 1 fully saturated rings. The highest BCUT2D eigenvalue weighted by Gasteiger charge is 2.24. The summed E-state index contributed by atoms with van der Waals surface area (Å²) in [6, 6.07) is -0.0972. The molecule has 0 aromatic carbocycles. The average Bonchev–Trinajstić information content (AvgIpc) is 2.14. The molecule has 0 saturated carbocycles. The van der Waals surface area contributed by atoms with Crippen LogP contribution in [0.25, 0.3) is 0 Å². The Hall–Kier alpha value is -0.120. The topological polar surface area (TPSA) is 52.5 Å². The fraction of sp³-hybridized carbons (Fsp3) is 1.00. The molecule has 3 heteroatoms. The molecule has 1 aliphatic rings. The molecule has 1 aliphatic heterocycles. The summed E-state index contributed by atoms with van der Waals surface area (Å²) >= 11 is 0. The number of rotatable bonds is 1. The molecular formula is C6H13NO2. The summed E-state index contributed by atoms with van der Waals surface area (Å²) in [5.41, 5.74) is 0. The Morgan fingerprint density at radius 1 is 1.56 bits per heavy atom. The second-order valence-corrected chi connectivity index (χ2v) is 2.77. The van der Waals surface area contributed by atoms with Crippen molar-refractivity contribution in [3.63, 3.8) is 0 Å². The van der Waals surface area contributed by atoms with Gasteiger partial charge in [0.25, 0.3) is 0 Å². The summed E-state index contributed by atoms with van der Waals surface area (Å²) in [5, 5.41) is 20.3. The third-order valence-electron chi connectivity index (χ3n) is 1.74. The molecule has 3 nitrogen and oxygen atoms in total. The van der Waals surface area contributed by atoms with Crippen LogP contribution in [0.4, 0.5) is 0 Å². The van der Waals surface area contributed by atoms with Crippen LogP contribution in [0.1, 0.15) is 13.3 Å². The quantitative estimate of drug-likeness (QED) is 0.412. The van der Waals surface area contributed by atoms with Crippen molar-refractivity contribution in [1.29, 1.82) is 0 Å². The summed E-state index contributed by atoms with van der Waals surface area (Å²) in [6.07, 6.45) is -0.313. The van der Waals surface area contributed by atoms with E-state index in [1.807, 2.05) is 0 Å². The zero-order chi connectivity index (χ0) is 6.85. The maximum absolute atomic E-state index is 8.66. The molecule has 54 valence electrons. The van der Waals surface area contributed by atoms with Crippen molar-refractivity contribution in [3.05, 3.63) is 0 Å². The zero-order valence-corrected chi connectivity index (χ0v) is 5.54. The molecule has 3 N–H and O–H groups in total. The standard InChI is InChI=1S/C6H13NO2/c1-4-2-5(6(8)9)7-3-4/h4-9H,2-3H2,1H3/t4-,5-/m0/s1. The van der Waals surface area contributed by atoms with Crippen LogP contribution < -0.4 is 5.32 Å². The van der Waals surface area contributed by atoms with Crippen LogP contribution in [0.2, 0.25) is 0 Å². The predicted molar refractivity (Wildman–Crippen MR) is 33.8 cm³/mol. The molecule has 2 atom stereocenters. The highest BCUT2D eigenvalue weighted by atomic mass is 16.5. The molecule has 1 heterocycles. The molecule has 0 bridgehead atoms. The van der Waals surface area contributed by atoms with Crippen LogP contribution in [-0.4, -0.2) is 29.1 Å². The minimum Gasteiger partial charge on any atom is -0.367 e. The van der Waals surface area contributed by atoms with Crippen molar-refractivity contribution in [2.45, 2.75) is 25.7 Å². The van der Waals surface area contributed by atoms with Crippen LogP contribution in [0.5, 0.6) is 0 Å². The van der Waals surface area contributed by atoms with Crippen molar-refractivity contribution in [2.24, 2.45) is 5.92 Å². The van der Waals surface area contributed by atoms with Crippen LogP contribution in [0, 0.1) is 5.92 Å². The van der Waals surface area contributed by atoms with Gasteiger partial charge in [-0.1, -0.05) is 6.92 Å². The van der Waals surface area contributed by atoms with Crippen LogP contribution in [0.3, 0.4) is 0 Å². The second-order valence-electron chi connectivity index (χ2n) is 2.77. The van der Waals surface area contributed by atoms with E-state index in [2.05, 4.69) is 12.2 Å². The van der Waals surface area contributed by atoms with E-state index in [9.17, 15) is 0 Å². The molecule has 0 unspecified atom stereocenters. The van der Waals surface area contributed by atoms with Gasteiger partial charge >= 0.3 is 0 Å². The van der Waals surface area contributed by atoms with Gasteiger partial charge in [0.2, 0.25) is 0 Å². The largest absolute Gasteiger partial charge is 0.367 e. The van der Waals surface area contributed by atoms with Gasteiger partial charge in [0.1, 0.15) is 0 Å². The molecule has 0 amide bonds. The third-order valence-corrected chi connectivity index (χ3v) is 1.74. The summed E-state index contributed by atoms with van der Waals surface area (Å²) in [4.78, 5) is 0. The fourth-order valence-electron chi connectivity index (χ4n) is 1.18. The smallest absolute Gasteiger partial charge is 0.167 e. The van der Waals surface area contributed by atoms with Gasteiger partial charge < -0.3 is 15.5 Å². The van der Waals surface area contributed by atoms with E-state index in [1.165, 1.54) is 0 Å². The maximum Gasteiger partial charge on any atom is 0.167 e. The predicted octanol–water partition coefficient (Wildman–Crippen LogP) is -0.705. The van der Waals surface area contributed by atoms with Gasteiger partial charge in [-0.25, -0.2) is 0 Å². The van der Waals surface area contributed by atoms with E-state index in [0.717, 1.165) is 13.0 Å². The van der Waals surface area contributed by atoms with Crippen LogP contribution >= 0.6 is 0 Å². The van der Waals surface area contributed by atoms with Gasteiger partial charge in [-0.2, -0.15) is 0 Å². The van der Waals surface area contributed by atoms with Crippen molar-refractivity contribution in [1.82, 2.24) is 5.32 Å². The van der Waals surface area contributed by atoms with Gasteiger partial charge in [0.05, 0.1) is 6.04 Å². The molecule has 0 spiro atoms. The van der Waals surface area contributed by atoms with Crippen molar-refractivity contribution in [2.75, 3.05) is 6.54 Å². The number of aliphatic hydroxyl groups is 2. The summed E-state index contributed by atoms with van der Waals surface area (Å²) in [7, 11) is 0. The Labute approximate surface area is 54.7 Å². The first-order valence-electron chi connectivity index (χ1n) is 3.29. The Balaban J connectivity index is 2.30. The average molecular weight is 131 g/mol.